The van der Waals surface area contributed by atoms with Gasteiger partial charge in [0.1, 0.15) is 11.1 Å². The van der Waals surface area contributed by atoms with Crippen LogP contribution in [0.25, 0.3) is 10.1 Å². The van der Waals surface area contributed by atoms with Gasteiger partial charge in [0.2, 0.25) is 0 Å². The van der Waals surface area contributed by atoms with Gasteiger partial charge in [-0.15, -0.1) is 11.3 Å². The van der Waals surface area contributed by atoms with Gasteiger partial charge in [0, 0.05) is 10.1 Å². The number of hydrogen-bond donors (Lipinski definition) is 1. The molecular formula is C11H12N2S. The molecule has 2 nitrogen and oxygen atoms in total. The maximum Gasteiger partial charge on any atom is 0.105 e. The molecule has 0 radical (unpaired) electrons. The molecule has 0 spiro atoms. The second-order valence-corrected chi connectivity index (χ2v) is 3.53. The van der Waals surface area contributed by atoms with Crippen molar-refractivity contribution < 1.29 is 0 Å². The molecule has 0 bridgehead atoms. The summed E-state index contributed by atoms with van der Waals surface area (Å²) in [6.45, 7) is 4.00. The quantitative estimate of drug-likeness (QED) is 0.715. The number of nitrogens with zero attached hydrogens (tertiary/aromatic N) is 1. The highest BCUT2D eigenvalue weighted by Crippen LogP contribution is 2.32. The number of hydrogen-bond acceptors (Lipinski definition) is 3. The van der Waals surface area contributed by atoms with Crippen LogP contribution in [0, 0.1) is 11.3 Å². The first kappa shape index (κ1) is 10.6. The molecule has 0 saturated heterocycles. The summed E-state index contributed by atoms with van der Waals surface area (Å²) in [5.41, 5.74) is 6.27. The minimum Gasteiger partial charge on any atom is -0.389 e. The Kier molecular flexibility index (Phi) is 3.49. The Morgan fingerprint density at radius 2 is 1.93 bits per heavy atom. The second kappa shape index (κ2) is 4.64. The van der Waals surface area contributed by atoms with Crippen LogP contribution in [0.3, 0.4) is 0 Å². The summed E-state index contributed by atoms with van der Waals surface area (Å²) in [7, 11) is 0. The van der Waals surface area contributed by atoms with E-state index in [1.54, 1.807) is 0 Å². The minimum atomic E-state index is 0.607. The Balaban J connectivity index is 0.000000461. The molecule has 2 rings (SSSR count). The molecule has 0 aliphatic carbocycles. The monoisotopic (exact) mass is 204 g/mol. The molecule has 72 valence electrons. The zero-order chi connectivity index (χ0) is 10.6. The van der Waals surface area contributed by atoms with Gasteiger partial charge < -0.3 is 5.73 Å². The van der Waals surface area contributed by atoms with Crippen LogP contribution in [0.5, 0.6) is 0 Å². The van der Waals surface area contributed by atoms with Gasteiger partial charge >= 0.3 is 0 Å². The van der Waals surface area contributed by atoms with Crippen molar-refractivity contribution in [3.63, 3.8) is 0 Å². The summed E-state index contributed by atoms with van der Waals surface area (Å²) >= 11 is 1.46. The minimum absolute atomic E-state index is 0.607. The van der Waals surface area contributed by atoms with Gasteiger partial charge in [-0.1, -0.05) is 32.0 Å². The van der Waals surface area contributed by atoms with Crippen molar-refractivity contribution in [2.24, 2.45) is 0 Å². The fourth-order valence-corrected chi connectivity index (χ4v) is 2.10. The Bertz CT molecular complexity index is 466. The number of thiophene rings is 1. The van der Waals surface area contributed by atoms with Crippen LogP contribution in [-0.2, 0) is 0 Å². The lowest BCUT2D eigenvalue weighted by atomic mass is 10.2. The summed E-state index contributed by atoms with van der Waals surface area (Å²) < 4.78 is 1.08. The van der Waals surface area contributed by atoms with E-state index in [1.165, 1.54) is 11.3 Å². The molecule has 1 aromatic carbocycles. The molecule has 0 aliphatic heterocycles. The number of benzene rings is 1. The molecule has 14 heavy (non-hydrogen) atoms. The first-order valence-electron chi connectivity index (χ1n) is 4.50. The van der Waals surface area contributed by atoms with E-state index in [0.717, 1.165) is 10.1 Å². The number of anilines is 1. The van der Waals surface area contributed by atoms with E-state index in [-0.39, 0.29) is 0 Å². The Hall–Kier alpha value is -1.53. The lowest BCUT2D eigenvalue weighted by Crippen LogP contribution is -1.81. The maximum atomic E-state index is 8.78. The van der Waals surface area contributed by atoms with Gasteiger partial charge in [0.15, 0.2) is 0 Å². The average molecular weight is 204 g/mol. The van der Waals surface area contributed by atoms with Crippen LogP contribution in [0.2, 0.25) is 0 Å². The van der Waals surface area contributed by atoms with Gasteiger partial charge in [-0.2, -0.15) is 5.26 Å². The van der Waals surface area contributed by atoms with Crippen molar-refractivity contribution in [1.82, 2.24) is 0 Å². The number of nitrogens with two attached hydrogens (primary N) is 1. The molecule has 2 N–H and O–H groups in total. The lowest BCUT2D eigenvalue weighted by Gasteiger charge is -1.86. The molecule has 3 heteroatoms. The molecular weight excluding hydrogens is 192 g/mol. The predicted octanol–water partition coefficient (Wildman–Crippen LogP) is 3.38. The number of fused-ring (bicyclic) bond motifs is 1. The van der Waals surface area contributed by atoms with Gasteiger partial charge in [0.25, 0.3) is 0 Å². The SMILES string of the molecule is CC.N#Cc1c(N)sc2ccccc12. The highest BCUT2D eigenvalue weighted by atomic mass is 32.1. The number of rotatable bonds is 0. The van der Waals surface area contributed by atoms with Crippen LogP contribution in [-0.4, -0.2) is 0 Å². The predicted molar refractivity (Wildman–Crippen MR) is 62.3 cm³/mol. The van der Waals surface area contributed by atoms with Crippen LogP contribution in [0.15, 0.2) is 24.3 Å². The van der Waals surface area contributed by atoms with Gasteiger partial charge in [-0.25, -0.2) is 0 Å². The molecule has 0 unspecified atom stereocenters. The molecule has 2 aromatic rings. The summed E-state index contributed by atoms with van der Waals surface area (Å²) in [6.07, 6.45) is 0. The van der Waals surface area contributed by atoms with E-state index in [9.17, 15) is 0 Å². The van der Waals surface area contributed by atoms with Gasteiger partial charge in [-0.3, -0.25) is 0 Å². The van der Waals surface area contributed by atoms with Crippen molar-refractivity contribution in [3.8, 4) is 6.07 Å². The van der Waals surface area contributed by atoms with Crippen molar-refractivity contribution in [3.05, 3.63) is 29.8 Å². The third-order valence-corrected chi connectivity index (χ3v) is 2.73. The first-order chi connectivity index (χ1) is 6.83. The molecule has 0 fully saturated rings. The van der Waals surface area contributed by atoms with E-state index < -0.39 is 0 Å². The second-order valence-electron chi connectivity index (χ2n) is 2.45. The van der Waals surface area contributed by atoms with Crippen molar-refractivity contribution >= 4 is 26.4 Å². The third kappa shape index (κ3) is 1.70. The van der Waals surface area contributed by atoms with Crippen LogP contribution >= 0.6 is 11.3 Å². The van der Waals surface area contributed by atoms with Crippen LogP contribution < -0.4 is 5.73 Å². The first-order valence-corrected chi connectivity index (χ1v) is 5.31. The van der Waals surface area contributed by atoms with E-state index >= 15 is 0 Å². The Morgan fingerprint density at radius 1 is 1.29 bits per heavy atom. The normalized spacial score (nSPS) is 8.93. The summed E-state index contributed by atoms with van der Waals surface area (Å²) in [6, 6.07) is 9.85. The van der Waals surface area contributed by atoms with Gasteiger partial charge in [-0.05, 0) is 6.07 Å². The van der Waals surface area contributed by atoms with Crippen molar-refractivity contribution in [2.75, 3.05) is 5.73 Å². The molecule has 0 saturated carbocycles. The van der Waals surface area contributed by atoms with Crippen molar-refractivity contribution in [2.45, 2.75) is 13.8 Å². The van der Waals surface area contributed by atoms with Gasteiger partial charge in [0.05, 0.1) is 5.56 Å². The Labute approximate surface area is 87.6 Å². The zero-order valence-corrected chi connectivity index (χ0v) is 9.06. The van der Waals surface area contributed by atoms with Crippen molar-refractivity contribution in [1.29, 1.82) is 5.26 Å². The largest absolute Gasteiger partial charge is 0.389 e. The third-order valence-electron chi connectivity index (χ3n) is 1.73. The van der Waals surface area contributed by atoms with E-state index in [2.05, 4.69) is 6.07 Å². The fraction of sp³-hybridized carbons (Fsp3) is 0.182. The number of nitrogen functional groups attached to an aromatic ring is 1. The maximum absolute atomic E-state index is 8.78. The highest BCUT2D eigenvalue weighted by Gasteiger charge is 2.06. The lowest BCUT2D eigenvalue weighted by molar-refractivity contribution is 1.50. The standard InChI is InChI=1S/C9H6N2S.C2H6/c10-5-7-6-3-1-2-4-8(6)12-9(7)11;1-2/h1-4H,11H2;1-2H3. The van der Waals surface area contributed by atoms with E-state index in [1.807, 2.05) is 38.1 Å². The summed E-state index contributed by atoms with van der Waals surface area (Å²) in [5.74, 6) is 0. The molecule has 1 aromatic heterocycles. The molecule has 0 aliphatic rings. The highest BCUT2D eigenvalue weighted by molar-refractivity contribution is 7.23. The molecule has 1 heterocycles. The molecule has 0 amide bonds. The topological polar surface area (TPSA) is 49.8 Å². The van der Waals surface area contributed by atoms with Crippen LogP contribution in [0.4, 0.5) is 5.00 Å². The summed E-state index contributed by atoms with van der Waals surface area (Å²) in [4.78, 5) is 0. The fourth-order valence-electron chi connectivity index (χ4n) is 1.18. The zero-order valence-electron chi connectivity index (χ0n) is 8.24. The summed E-state index contributed by atoms with van der Waals surface area (Å²) in [5, 5.41) is 10.4. The molecule has 0 atom stereocenters. The number of nitriles is 1. The van der Waals surface area contributed by atoms with E-state index in [4.69, 9.17) is 11.0 Å². The smallest absolute Gasteiger partial charge is 0.105 e. The Morgan fingerprint density at radius 3 is 2.57 bits per heavy atom. The average Bonchev–Trinajstić information content (AvgIpc) is 2.56. The van der Waals surface area contributed by atoms with Crippen LogP contribution in [0.1, 0.15) is 19.4 Å². The van der Waals surface area contributed by atoms with E-state index in [0.29, 0.717) is 10.6 Å².